The number of likely N-dealkylation sites (tertiary alicyclic amines) is 1. The molecule has 0 spiro atoms. The van der Waals surface area contributed by atoms with Gasteiger partial charge in [0.1, 0.15) is 5.75 Å². The zero-order valence-corrected chi connectivity index (χ0v) is 12.0. The highest BCUT2D eigenvalue weighted by molar-refractivity contribution is 5.28. The van der Waals surface area contributed by atoms with Crippen molar-refractivity contribution < 1.29 is 9.84 Å². The van der Waals surface area contributed by atoms with Gasteiger partial charge in [-0.15, -0.1) is 0 Å². The van der Waals surface area contributed by atoms with Crippen molar-refractivity contribution >= 4 is 0 Å². The molecule has 2 atom stereocenters. The van der Waals surface area contributed by atoms with Crippen molar-refractivity contribution in [3.8, 4) is 5.75 Å². The Balaban J connectivity index is 1.88. The highest BCUT2D eigenvalue weighted by Crippen LogP contribution is 2.21. The van der Waals surface area contributed by atoms with Crippen LogP contribution in [0.5, 0.6) is 5.75 Å². The molecule has 1 aliphatic heterocycles. The largest absolute Gasteiger partial charge is 0.497 e. The van der Waals surface area contributed by atoms with E-state index in [2.05, 4.69) is 23.9 Å². The molecular weight excluding hydrogens is 240 g/mol. The molecule has 0 bridgehead atoms. The summed E-state index contributed by atoms with van der Waals surface area (Å²) in [6, 6.07) is 8.27. The van der Waals surface area contributed by atoms with Gasteiger partial charge in [0.15, 0.2) is 0 Å². The predicted octanol–water partition coefficient (Wildman–Crippen LogP) is 1.36. The van der Waals surface area contributed by atoms with E-state index in [1.807, 2.05) is 24.3 Å². The van der Waals surface area contributed by atoms with Gasteiger partial charge in [-0.05, 0) is 44.8 Å². The van der Waals surface area contributed by atoms with Crippen LogP contribution in [-0.2, 0) is 0 Å². The fraction of sp³-hybridized carbons (Fsp3) is 0.600. The Kier molecular flexibility index (Phi) is 4.80. The molecule has 106 valence electrons. The molecule has 1 saturated heterocycles. The first-order valence-electron chi connectivity index (χ1n) is 6.81. The summed E-state index contributed by atoms with van der Waals surface area (Å²) in [6.07, 6.45) is 0.759. The molecule has 1 aliphatic rings. The molecule has 0 amide bonds. The van der Waals surface area contributed by atoms with Gasteiger partial charge in [0.05, 0.1) is 13.2 Å². The molecule has 1 fully saturated rings. The summed E-state index contributed by atoms with van der Waals surface area (Å²) in [5.74, 6) is 0.824. The van der Waals surface area contributed by atoms with E-state index >= 15 is 0 Å². The second kappa shape index (κ2) is 6.37. The van der Waals surface area contributed by atoms with Crippen LogP contribution in [0.2, 0.25) is 0 Å². The van der Waals surface area contributed by atoms with Crippen LogP contribution in [0.4, 0.5) is 0 Å². The minimum Gasteiger partial charge on any atom is -0.497 e. The Morgan fingerprint density at radius 3 is 2.58 bits per heavy atom. The molecular formula is C15H24N2O2. The number of aliphatic hydroxyl groups is 1. The van der Waals surface area contributed by atoms with Gasteiger partial charge < -0.3 is 14.7 Å². The number of ether oxygens (including phenoxy) is 1. The first kappa shape index (κ1) is 14.3. The maximum Gasteiger partial charge on any atom is 0.118 e. The van der Waals surface area contributed by atoms with Crippen LogP contribution in [0.1, 0.15) is 18.1 Å². The fourth-order valence-electron chi connectivity index (χ4n) is 2.58. The Hall–Kier alpha value is -1.10. The van der Waals surface area contributed by atoms with E-state index in [0.29, 0.717) is 12.6 Å². The third-order valence-corrected chi connectivity index (χ3v) is 3.91. The zero-order chi connectivity index (χ0) is 13.8. The maximum absolute atomic E-state index is 10.3. The van der Waals surface area contributed by atoms with E-state index in [1.165, 1.54) is 6.42 Å². The summed E-state index contributed by atoms with van der Waals surface area (Å²) in [6.45, 7) is 2.81. The number of nitrogens with zero attached hydrogens (tertiary/aromatic N) is 2. The minimum absolute atomic E-state index is 0.424. The van der Waals surface area contributed by atoms with E-state index in [4.69, 9.17) is 4.74 Å². The number of aliphatic hydroxyl groups excluding tert-OH is 1. The van der Waals surface area contributed by atoms with Gasteiger partial charge >= 0.3 is 0 Å². The molecule has 1 aromatic rings. The number of hydrogen-bond donors (Lipinski definition) is 1. The Labute approximate surface area is 115 Å². The van der Waals surface area contributed by atoms with E-state index in [-0.39, 0.29) is 0 Å². The van der Waals surface area contributed by atoms with Gasteiger partial charge in [-0.3, -0.25) is 4.90 Å². The fourth-order valence-corrected chi connectivity index (χ4v) is 2.58. The highest BCUT2D eigenvalue weighted by atomic mass is 16.5. The van der Waals surface area contributed by atoms with Crippen molar-refractivity contribution in [2.45, 2.75) is 18.6 Å². The van der Waals surface area contributed by atoms with Crippen LogP contribution >= 0.6 is 0 Å². The van der Waals surface area contributed by atoms with Crippen molar-refractivity contribution in [1.29, 1.82) is 0 Å². The highest BCUT2D eigenvalue weighted by Gasteiger charge is 2.25. The van der Waals surface area contributed by atoms with E-state index in [1.54, 1.807) is 7.11 Å². The third-order valence-electron chi connectivity index (χ3n) is 3.91. The van der Waals surface area contributed by atoms with Crippen molar-refractivity contribution in [1.82, 2.24) is 9.80 Å². The Morgan fingerprint density at radius 2 is 2.05 bits per heavy atom. The van der Waals surface area contributed by atoms with Gasteiger partial charge in [0.25, 0.3) is 0 Å². The summed E-state index contributed by atoms with van der Waals surface area (Å²) in [5.41, 5.74) is 0.953. The average molecular weight is 264 g/mol. The van der Waals surface area contributed by atoms with Crippen LogP contribution in [0.3, 0.4) is 0 Å². The van der Waals surface area contributed by atoms with Crippen LogP contribution < -0.4 is 4.74 Å². The molecule has 2 rings (SSSR count). The van der Waals surface area contributed by atoms with Gasteiger partial charge in [-0.1, -0.05) is 12.1 Å². The van der Waals surface area contributed by atoms with E-state index in [9.17, 15) is 5.11 Å². The molecule has 1 N–H and O–H groups in total. The molecule has 0 aliphatic carbocycles. The van der Waals surface area contributed by atoms with E-state index in [0.717, 1.165) is 24.4 Å². The summed E-state index contributed by atoms with van der Waals surface area (Å²) in [4.78, 5) is 4.60. The lowest BCUT2D eigenvalue weighted by Gasteiger charge is -2.22. The number of hydrogen-bond acceptors (Lipinski definition) is 4. The van der Waals surface area contributed by atoms with Gasteiger partial charge in [0.2, 0.25) is 0 Å². The predicted molar refractivity (Wildman–Crippen MR) is 76.5 cm³/mol. The molecule has 1 heterocycles. The molecule has 4 heteroatoms. The summed E-state index contributed by atoms with van der Waals surface area (Å²) in [7, 11) is 5.89. The summed E-state index contributed by atoms with van der Waals surface area (Å²) in [5, 5.41) is 10.3. The summed E-state index contributed by atoms with van der Waals surface area (Å²) >= 11 is 0. The Morgan fingerprint density at radius 1 is 1.37 bits per heavy atom. The SMILES string of the molecule is COc1ccc(C(O)CN2CCC(N(C)C)C2)cc1. The number of β-amino-alcohol motifs (C(OH)–C–C–N with tert-alkyl or cyclic N) is 1. The number of benzene rings is 1. The Bertz CT molecular complexity index is 392. The standard InChI is InChI=1S/C15H24N2O2/c1-16(2)13-8-9-17(10-13)11-15(18)12-4-6-14(19-3)7-5-12/h4-7,13,15,18H,8-11H2,1-3H3. The van der Waals surface area contributed by atoms with Crippen molar-refractivity contribution in [2.24, 2.45) is 0 Å². The van der Waals surface area contributed by atoms with Gasteiger partial charge in [-0.25, -0.2) is 0 Å². The number of rotatable bonds is 5. The minimum atomic E-state index is -0.424. The molecule has 0 saturated carbocycles. The van der Waals surface area contributed by atoms with Crippen molar-refractivity contribution in [3.05, 3.63) is 29.8 Å². The van der Waals surface area contributed by atoms with E-state index < -0.39 is 6.10 Å². The molecule has 0 aromatic heterocycles. The monoisotopic (exact) mass is 264 g/mol. The first-order valence-corrected chi connectivity index (χ1v) is 6.81. The van der Waals surface area contributed by atoms with Crippen LogP contribution in [0, 0.1) is 0 Å². The third kappa shape index (κ3) is 3.69. The lowest BCUT2D eigenvalue weighted by atomic mass is 10.1. The van der Waals surface area contributed by atoms with Crippen LogP contribution in [0.15, 0.2) is 24.3 Å². The van der Waals surface area contributed by atoms with Crippen LogP contribution in [-0.4, -0.2) is 61.8 Å². The molecule has 0 radical (unpaired) electrons. The normalized spacial score (nSPS) is 21.8. The van der Waals surface area contributed by atoms with Crippen molar-refractivity contribution in [3.63, 3.8) is 0 Å². The second-order valence-corrected chi connectivity index (χ2v) is 5.45. The lowest BCUT2D eigenvalue weighted by molar-refractivity contribution is 0.122. The topological polar surface area (TPSA) is 35.9 Å². The maximum atomic E-state index is 10.3. The zero-order valence-electron chi connectivity index (χ0n) is 12.0. The van der Waals surface area contributed by atoms with Gasteiger partial charge in [-0.2, -0.15) is 0 Å². The lowest BCUT2D eigenvalue weighted by Crippen LogP contribution is -2.33. The molecule has 1 aromatic carbocycles. The smallest absolute Gasteiger partial charge is 0.118 e. The first-order chi connectivity index (χ1) is 9.10. The number of methoxy groups -OCH3 is 1. The molecule has 2 unspecified atom stereocenters. The molecule has 4 nitrogen and oxygen atoms in total. The second-order valence-electron chi connectivity index (χ2n) is 5.45. The average Bonchev–Trinajstić information content (AvgIpc) is 2.87. The van der Waals surface area contributed by atoms with Gasteiger partial charge in [0, 0.05) is 19.1 Å². The van der Waals surface area contributed by atoms with Crippen LogP contribution in [0.25, 0.3) is 0 Å². The summed E-state index contributed by atoms with van der Waals surface area (Å²) < 4.78 is 5.13. The quantitative estimate of drug-likeness (QED) is 0.871. The molecule has 19 heavy (non-hydrogen) atoms. The van der Waals surface area contributed by atoms with Crippen molar-refractivity contribution in [2.75, 3.05) is 40.8 Å². The number of likely N-dealkylation sites (N-methyl/N-ethyl adjacent to an activating group) is 1.